The van der Waals surface area contributed by atoms with Crippen molar-refractivity contribution in [2.24, 2.45) is 5.92 Å². The number of rotatable bonds is 2. The molecule has 0 aliphatic rings. The predicted molar refractivity (Wildman–Crippen MR) is 34.1 cm³/mol. The summed E-state index contributed by atoms with van der Waals surface area (Å²) in [4.78, 5) is 0. The summed E-state index contributed by atoms with van der Waals surface area (Å²) < 4.78 is 69.9. The molecule has 0 aliphatic heterocycles. The third-order valence-electron chi connectivity index (χ3n) is 1.21. The average Bonchev–Trinajstić information content (AvgIpc) is 1.77. The van der Waals surface area contributed by atoms with E-state index in [9.17, 15) is 26.3 Å². The Morgan fingerprint density at radius 2 is 1.25 bits per heavy atom. The van der Waals surface area contributed by atoms with E-state index in [0.717, 1.165) is 0 Å². The minimum Gasteiger partial charge on any atom is -0.179 e. The van der Waals surface area contributed by atoms with Gasteiger partial charge in [0.25, 0.3) is 0 Å². The van der Waals surface area contributed by atoms with Crippen LogP contribution in [0.1, 0.15) is 6.42 Å². The van der Waals surface area contributed by atoms with Gasteiger partial charge < -0.3 is 0 Å². The average molecular weight is 212 g/mol. The van der Waals surface area contributed by atoms with Crippen molar-refractivity contribution in [3.63, 3.8) is 0 Å². The molecule has 0 N–H and O–H groups in total. The largest absolute Gasteiger partial charge is 0.400 e. The minimum absolute atomic E-state index is 0.441. The summed E-state index contributed by atoms with van der Waals surface area (Å²) in [6.07, 6.45) is -11.5. The maximum atomic E-state index is 11.6. The zero-order valence-corrected chi connectivity index (χ0v) is 6.60. The normalized spacial score (nSPS) is 14.0. The summed E-state index contributed by atoms with van der Waals surface area (Å²) in [5, 5.41) is 0. The van der Waals surface area contributed by atoms with Gasteiger partial charge in [-0.15, -0.1) is 0 Å². The SMILES string of the molecule is FC(F)(F)C(CCS)C(F)(F)F. The lowest BCUT2D eigenvalue weighted by Crippen LogP contribution is -2.36. The van der Waals surface area contributed by atoms with E-state index >= 15 is 0 Å². The van der Waals surface area contributed by atoms with Crippen molar-refractivity contribution in [2.75, 3.05) is 5.75 Å². The highest BCUT2D eigenvalue weighted by atomic mass is 32.1. The Morgan fingerprint density at radius 3 is 1.33 bits per heavy atom. The van der Waals surface area contributed by atoms with Gasteiger partial charge in [-0.1, -0.05) is 0 Å². The molecule has 12 heavy (non-hydrogen) atoms. The molecule has 0 saturated carbocycles. The summed E-state index contributed by atoms with van der Waals surface area (Å²) in [5.41, 5.74) is 0. The highest BCUT2D eigenvalue weighted by Crippen LogP contribution is 2.41. The van der Waals surface area contributed by atoms with E-state index in [1.807, 2.05) is 0 Å². The molecule has 0 atom stereocenters. The molecule has 0 amide bonds. The minimum atomic E-state index is -5.22. The summed E-state index contributed by atoms with van der Waals surface area (Å²) in [5.74, 6) is -3.69. The van der Waals surface area contributed by atoms with Crippen LogP contribution in [0.25, 0.3) is 0 Å². The van der Waals surface area contributed by atoms with Crippen LogP contribution in [0.2, 0.25) is 0 Å². The Labute approximate surface area is 70.3 Å². The fraction of sp³-hybridized carbons (Fsp3) is 1.00. The first-order valence-corrected chi connectivity index (χ1v) is 3.57. The second-order valence-corrected chi connectivity index (χ2v) is 2.60. The number of hydrogen-bond donors (Lipinski definition) is 1. The maximum Gasteiger partial charge on any atom is 0.400 e. The predicted octanol–water partition coefficient (Wildman–Crippen LogP) is 3.05. The van der Waals surface area contributed by atoms with Crippen molar-refractivity contribution < 1.29 is 26.3 Å². The van der Waals surface area contributed by atoms with Gasteiger partial charge in [0, 0.05) is 0 Å². The molecule has 0 aromatic rings. The van der Waals surface area contributed by atoms with Gasteiger partial charge in [0.1, 0.15) is 0 Å². The van der Waals surface area contributed by atoms with E-state index in [0.29, 0.717) is 0 Å². The standard InChI is InChI=1S/C5H6F6S/c6-4(7,8)3(1-2-12)5(9,10)11/h3,12H,1-2H2. The summed E-state index contributed by atoms with van der Waals surface area (Å²) in [6.45, 7) is 0. The molecule has 0 bridgehead atoms. The Balaban J connectivity index is 4.45. The zero-order valence-electron chi connectivity index (χ0n) is 5.71. The lowest BCUT2D eigenvalue weighted by molar-refractivity contribution is -0.284. The first kappa shape index (κ1) is 11.9. The van der Waals surface area contributed by atoms with E-state index in [2.05, 4.69) is 12.6 Å². The van der Waals surface area contributed by atoms with Crippen LogP contribution in [0.3, 0.4) is 0 Å². The van der Waals surface area contributed by atoms with E-state index in [4.69, 9.17) is 0 Å². The fourth-order valence-corrected chi connectivity index (χ4v) is 0.900. The van der Waals surface area contributed by atoms with Crippen molar-refractivity contribution in [3.05, 3.63) is 0 Å². The Morgan fingerprint density at radius 1 is 0.917 bits per heavy atom. The van der Waals surface area contributed by atoms with Crippen molar-refractivity contribution in [2.45, 2.75) is 18.8 Å². The molecule has 0 spiro atoms. The summed E-state index contributed by atoms with van der Waals surface area (Å²) in [6, 6.07) is 0. The molecule has 0 saturated heterocycles. The third kappa shape index (κ3) is 3.55. The molecule has 0 aromatic carbocycles. The topological polar surface area (TPSA) is 0 Å². The highest BCUT2D eigenvalue weighted by Gasteiger charge is 2.55. The van der Waals surface area contributed by atoms with Gasteiger partial charge in [-0.3, -0.25) is 0 Å². The molecular weight excluding hydrogens is 206 g/mol. The number of halogens is 6. The van der Waals surface area contributed by atoms with Crippen LogP contribution in [-0.4, -0.2) is 18.1 Å². The van der Waals surface area contributed by atoms with E-state index in [1.165, 1.54) is 0 Å². The van der Waals surface area contributed by atoms with Crippen molar-refractivity contribution in [1.82, 2.24) is 0 Å². The molecular formula is C5H6F6S. The van der Waals surface area contributed by atoms with Crippen LogP contribution in [0.4, 0.5) is 26.3 Å². The zero-order chi connectivity index (χ0) is 9.99. The van der Waals surface area contributed by atoms with Crippen LogP contribution in [0, 0.1) is 5.92 Å². The Kier molecular flexibility index (Phi) is 3.74. The van der Waals surface area contributed by atoms with Gasteiger partial charge in [0.2, 0.25) is 0 Å². The van der Waals surface area contributed by atoms with E-state index in [1.54, 1.807) is 0 Å². The lowest BCUT2D eigenvalue weighted by atomic mass is 10.1. The molecule has 0 aliphatic carbocycles. The molecule has 7 heteroatoms. The van der Waals surface area contributed by atoms with Crippen molar-refractivity contribution >= 4 is 12.6 Å². The fourth-order valence-electron chi connectivity index (χ4n) is 0.642. The third-order valence-corrected chi connectivity index (χ3v) is 1.47. The van der Waals surface area contributed by atoms with Gasteiger partial charge in [0.15, 0.2) is 5.92 Å². The lowest BCUT2D eigenvalue weighted by Gasteiger charge is -2.21. The maximum absolute atomic E-state index is 11.6. The van der Waals surface area contributed by atoms with E-state index in [-0.39, 0.29) is 0 Å². The Bertz CT molecular complexity index is 122. The van der Waals surface area contributed by atoms with Crippen molar-refractivity contribution in [1.29, 1.82) is 0 Å². The molecule has 0 unspecified atom stereocenters. The van der Waals surface area contributed by atoms with Gasteiger partial charge in [0.05, 0.1) is 0 Å². The first-order chi connectivity index (χ1) is 5.19. The molecule has 0 nitrogen and oxygen atoms in total. The highest BCUT2D eigenvalue weighted by molar-refractivity contribution is 7.80. The molecule has 0 aromatic heterocycles. The number of hydrogen-bond acceptors (Lipinski definition) is 1. The second-order valence-electron chi connectivity index (χ2n) is 2.15. The van der Waals surface area contributed by atoms with Gasteiger partial charge in [-0.25, -0.2) is 0 Å². The van der Waals surface area contributed by atoms with E-state index < -0.39 is 30.4 Å². The van der Waals surface area contributed by atoms with Crippen LogP contribution in [-0.2, 0) is 0 Å². The molecule has 0 radical (unpaired) electrons. The first-order valence-electron chi connectivity index (χ1n) is 2.94. The van der Waals surface area contributed by atoms with Gasteiger partial charge >= 0.3 is 12.4 Å². The van der Waals surface area contributed by atoms with Crippen molar-refractivity contribution in [3.8, 4) is 0 Å². The summed E-state index contributed by atoms with van der Waals surface area (Å²) >= 11 is 3.32. The van der Waals surface area contributed by atoms with Crippen LogP contribution < -0.4 is 0 Å². The molecule has 74 valence electrons. The monoisotopic (exact) mass is 212 g/mol. The molecule has 0 rings (SSSR count). The van der Waals surface area contributed by atoms with Crippen LogP contribution in [0.15, 0.2) is 0 Å². The smallest absolute Gasteiger partial charge is 0.179 e. The van der Waals surface area contributed by atoms with Gasteiger partial charge in [-0.05, 0) is 12.2 Å². The number of thiol groups is 1. The molecule has 0 fully saturated rings. The second kappa shape index (κ2) is 3.76. The van der Waals surface area contributed by atoms with Crippen LogP contribution in [0.5, 0.6) is 0 Å². The summed E-state index contributed by atoms with van der Waals surface area (Å²) in [7, 11) is 0. The quantitative estimate of drug-likeness (QED) is 0.527. The number of alkyl halides is 6. The molecule has 0 heterocycles. The van der Waals surface area contributed by atoms with Crippen LogP contribution >= 0.6 is 12.6 Å². The Hall–Kier alpha value is -0.0700. The van der Waals surface area contributed by atoms with Gasteiger partial charge in [-0.2, -0.15) is 39.0 Å².